The molecule has 0 aliphatic heterocycles. The molecule has 3 aromatic rings. The van der Waals surface area contributed by atoms with Crippen molar-refractivity contribution in [3.05, 3.63) is 90.6 Å². The number of carbonyl (C=O) groups is 4. The van der Waals surface area contributed by atoms with Crippen LogP contribution >= 0.6 is 22.9 Å². The number of ether oxygens (including phenoxy) is 1. The first-order valence-corrected chi connectivity index (χ1v) is 19.0. The van der Waals surface area contributed by atoms with Crippen LogP contribution in [-0.2, 0) is 16.0 Å². The Balaban J connectivity index is 1.96. The molecule has 0 radical (unpaired) electrons. The number of carbonyl (C=O) groups excluding carboxylic acids is 4. The van der Waals surface area contributed by atoms with Gasteiger partial charge >= 0.3 is 5.97 Å². The summed E-state index contributed by atoms with van der Waals surface area (Å²) in [6.07, 6.45) is 3.50. The Morgan fingerprint density at radius 3 is 2.27 bits per heavy atom. The van der Waals surface area contributed by atoms with Crippen LogP contribution in [0.25, 0.3) is 0 Å². The lowest BCUT2D eigenvalue weighted by Crippen LogP contribution is -2.25. The molecule has 2 unspecified atom stereocenters. The van der Waals surface area contributed by atoms with Crippen LogP contribution in [-0.4, -0.2) is 60.3 Å². The maximum absolute atomic E-state index is 13.7. The monoisotopic (exact) mass is 746 g/mol. The smallest absolute Gasteiger partial charge is 0.308 e. The number of nitrogens with zero attached hydrogens (tertiary/aromatic N) is 3. The van der Waals surface area contributed by atoms with Gasteiger partial charge in [0.1, 0.15) is 6.04 Å². The number of hydrogen-bond donors (Lipinski definition) is 1. The molecule has 0 fully saturated rings. The number of nitrogens with one attached hydrogen (secondary N) is 1. The number of aryl methyl sites for hydroxylation is 2. The quantitative estimate of drug-likeness (QED) is 0.0457. The summed E-state index contributed by atoms with van der Waals surface area (Å²) in [5, 5.41) is 12.4. The van der Waals surface area contributed by atoms with Crippen molar-refractivity contribution in [3.63, 3.8) is 0 Å². The standard InChI is InChI=1S/C41H51ClN4O5S/c1-10-14-25(4)45-46-27(6)34(23-35(48)51-9)44-38(31-18-20-32(42)21-19-31)36-26(5)40(52-29(36)8)41(50)43-22-13-16-30-15-12-17-33(28(7)47)37(30)39(49)24(3)11-2/h12,15,17-21,24,34H,10-11,13-14,16,22-23H2,1-9H3,(H,43,50)/b44-38?,45-25-,46-27+. The van der Waals surface area contributed by atoms with Gasteiger partial charge in [-0.2, -0.15) is 10.2 Å². The largest absolute Gasteiger partial charge is 0.469 e. The average Bonchev–Trinajstić information content (AvgIpc) is 3.42. The van der Waals surface area contributed by atoms with Crippen molar-refractivity contribution in [3.8, 4) is 0 Å². The summed E-state index contributed by atoms with van der Waals surface area (Å²) in [7, 11) is 1.34. The summed E-state index contributed by atoms with van der Waals surface area (Å²) in [5.41, 5.74) is 6.10. The fourth-order valence-electron chi connectivity index (χ4n) is 5.82. The number of halogens is 1. The maximum atomic E-state index is 13.7. The molecule has 0 spiro atoms. The van der Waals surface area contributed by atoms with Gasteiger partial charge in [-0.3, -0.25) is 24.2 Å². The molecule has 1 aromatic heterocycles. The molecule has 0 aliphatic carbocycles. The third-order valence-corrected chi connectivity index (χ3v) is 10.4. The fourth-order valence-corrected chi connectivity index (χ4v) is 7.03. The molecule has 278 valence electrons. The minimum atomic E-state index is -0.675. The van der Waals surface area contributed by atoms with Crippen molar-refractivity contribution < 1.29 is 23.9 Å². The zero-order valence-electron chi connectivity index (χ0n) is 31.8. The fraction of sp³-hybridized carbons (Fsp3) is 0.439. The number of benzene rings is 2. The van der Waals surface area contributed by atoms with E-state index in [9.17, 15) is 19.2 Å². The van der Waals surface area contributed by atoms with Crippen molar-refractivity contribution in [1.82, 2.24) is 5.32 Å². The summed E-state index contributed by atoms with van der Waals surface area (Å²) in [4.78, 5) is 58.5. The number of methoxy groups -OCH3 is 1. The van der Waals surface area contributed by atoms with Gasteiger partial charge in [0.05, 0.1) is 29.8 Å². The van der Waals surface area contributed by atoms with E-state index in [1.54, 1.807) is 31.2 Å². The van der Waals surface area contributed by atoms with Gasteiger partial charge < -0.3 is 10.1 Å². The van der Waals surface area contributed by atoms with Crippen molar-refractivity contribution in [1.29, 1.82) is 0 Å². The van der Waals surface area contributed by atoms with Crippen molar-refractivity contribution >= 4 is 63.5 Å². The number of ketones is 2. The molecule has 0 saturated carbocycles. The number of hydrogen-bond acceptors (Lipinski definition) is 9. The van der Waals surface area contributed by atoms with Crippen LogP contribution in [0.5, 0.6) is 0 Å². The highest BCUT2D eigenvalue weighted by molar-refractivity contribution is 7.14. The van der Waals surface area contributed by atoms with Gasteiger partial charge in [-0.05, 0) is 83.6 Å². The summed E-state index contributed by atoms with van der Waals surface area (Å²) < 4.78 is 5.01. The maximum Gasteiger partial charge on any atom is 0.308 e. The number of aliphatic imine (C=N–C) groups is 1. The molecule has 1 heterocycles. The second kappa shape index (κ2) is 20.1. The van der Waals surface area contributed by atoms with Gasteiger partial charge in [0, 0.05) is 50.3 Å². The molecule has 3 rings (SSSR count). The normalized spacial score (nSPS) is 13.5. The molecular formula is C41H51ClN4O5S. The van der Waals surface area contributed by atoms with Crippen LogP contribution < -0.4 is 5.32 Å². The first kappa shape index (κ1) is 42.1. The van der Waals surface area contributed by atoms with Crippen molar-refractivity contribution in [2.45, 2.75) is 100.0 Å². The van der Waals surface area contributed by atoms with E-state index in [2.05, 4.69) is 22.4 Å². The Hall–Kier alpha value is -4.28. The van der Waals surface area contributed by atoms with Crippen LogP contribution in [0.2, 0.25) is 5.02 Å². The summed E-state index contributed by atoms with van der Waals surface area (Å²) in [5.74, 6) is -1.02. The van der Waals surface area contributed by atoms with E-state index in [1.165, 1.54) is 25.4 Å². The summed E-state index contributed by atoms with van der Waals surface area (Å²) in [6.45, 7) is 15.3. The first-order chi connectivity index (χ1) is 24.7. The zero-order valence-corrected chi connectivity index (χ0v) is 33.4. The van der Waals surface area contributed by atoms with Crippen LogP contribution in [0.1, 0.15) is 131 Å². The Morgan fingerprint density at radius 2 is 1.65 bits per heavy atom. The Morgan fingerprint density at radius 1 is 0.962 bits per heavy atom. The van der Waals surface area contributed by atoms with E-state index >= 15 is 0 Å². The Bertz CT molecular complexity index is 1860. The predicted molar refractivity (Wildman–Crippen MR) is 213 cm³/mol. The van der Waals surface area contributed by atoms with Crippen molar-refractivity contribution in [2.75, 3.05) is 13.7 Å². The molecule has 52 heavy (non-hydrogen) atoms. The van der Waals surface area contributed by atoms with Crippen molar-refractivity contribution in [2.24, 2.45) is 21.1 Å². The van der Waals surface area contributed by atoms with Crippen LogP contribution in [0, 0.1) is 19.8 Å². The third-order valence-electron chi connectivity index (χ3n) is 8.97. The second-order valence-electron chi connectivity index (χ2n) is 13.0. The molecule has 1 N–H and O–H groups in total. The predicted octanol–water partition coefficient (Wildman–Crippen LogP) is 9.22. The lowest BCUT2D eigenvalue weighted by Gasteiger charge is -2.16. The summed E-state index contributed by atoms with van der Waals surface area (Å²) in [6, 6.07) is 12.0. The lowest BCUT2D eigenvalue weighted by molar-refractivity contribution is -0.140. The molecule has 1 amide bonds. The number of rotatable bonds is 18. The zero-order chi connectivity index (χ0) is 38.5. The number of amides is 1. The number of thiophene rings is 1. The third kappa shape index (κ3) is 11.1. The van der Waals surface area contributed by atoms with E-state index in [0.29, 0.717) is 58.3 Å². The highest BCUT2D eigenvalue weighted by Crippen LogP contribution is 2.31. The highest BCUT2D eigenvalue weighted by Gasteiger charge is 2.26. The van der Waals surface area contributed by atoms with E-state index < -0.39 is 12.0 Å². The molecule has 2 atom stereocenters. The lowest BCUT2D eigenvalue weighted by atomic mass is 9.87. The Kier molecular flexibility index (Phi) is 16.3. The Labute approximate surface area is 317 Å². The van der Waals surface area contributed by atoms with Gasteiger partial charge in [-0.15, -0.1) is 11.3 Å². The first-order valence-electron chi connectivity index (χ1n) is 17.8. The van der Waals surface area contributed by atoms with Gasteiger partial charge in [-0.1, -0.05) is 69.1 Å². The molecule has 9 nitrogen and oxygen atoms in total. The topological polar surface area (TPSA) is 127 Å². The minimum Gasteiger partial charge on any atom is -0.469 e. The molecule has 0 aliphatic rings. The van der Waals surface area contributed by atoms with E-state index in [-0.39, 0.29) is 29.8 Å². The van der Waals surface area contributed by atoms with E-state index in [0.717, 1.165) is 45.7 Å². The number of Topliss-reactive ketones (excluding diaryl/α,β-unsaturated/α-hetero) is 2. The number of esters is 1. The van der Waals surface area contributed by atoms with Gasteiger partial charge in [0.15, 0.2) is 11.6 Å². The van der Waals surface area contributed by atoms with Crippen LogP contribution in [0.4, 0.5) is 0 Å². The van der Waals surface area contributed by atoms with Gasteiger partial charge in [-0.25, -0.2) is 0 Å². The molecule has 2 aromatic carbocycles. The SMILES string of the molecule is CCC/C(C)=N\N=C(/C)C(CC(=O)OC)N=C(c1ccc(Cl)cc1)c1c(C)sc(C(=O)NCCCc2cccc(C(C)=O)c2C(=O)C(C)CC)c1C. The minimum absolute atomic E-state index is 0.0302. The molecular weight excluding hydrogens is 696 g/mol. The molecule has 11 heteroatoms. The van der Waals surface area contributed by atoms with Crippen LogP contribution in [0.3, 0.4) is 0 Å². The highest BCUT2D eigenvalue weighted by atomic mass is 35.5. The van der Waals surface area contributed by atoms with Gasteiger partial charge in [0.2, 0.25) is 0 Å². The summed E-state index contributed by atoms with van der Waals surface area (Å²) >= 11 is 7.63. The average molecular weight is 747 g/mol. The van der Waals surface area contributed by atoms with E-state index in [1.807, 2.05) is 52.8 Å². The second-order valence-corrected chi connectivity index (χ2v) is 14.7. The van der Waals surface area contributed by atoms with Gasteiger partial charge in [0.25, 0.3) is 5.91 Å². The van der Waals surface area contributed by atoms with E-state index in [4.69, 9.17) is 21.3 Å². The molecule has 0 bridgehead atoms. The molecule has 0 saturated heterocycles. The van der Waals surface area contributed by atoms with Crippen LogP contribution in [0.15, 0.2) is 57.7 Å².